The van der Waals surface area contributed by atoms with Crippen LogP contribution in [-0.2, 0) is 13.1 Å². The summed E-state index contributed by atoms with van der Waals surface area (Å²) in [6.45, 7) is 0.405. The van der Waals surface area contributed by atoms with Gasteiger partial charge in [0.25, 0.3) is 11.5 Å². The van der Waals surface area contributed by atoms with E-state index in [-0.39, 0.29) is 30.3 Å². The Balaban J connectivity index is 1.45. The molecule has 3 heterocycles. The average Bonchev–Trinajstić information content (AvgIpc) is 3.30. The van der Waals surface area contributed by atoms with Crippen molar-refractivity contribution in [3.05, 3.63) is 100 Å². The van der Waals surface area contributed by atoms with Crippen LogP contribution in [0.25, 0.3) is 21.7 Å². The largest absolute Gasteiger partial charge is 0.493 e. The van der Waals surface area contributed by atoms with E-state index in [2.05, 4.69) is 15.4 Å². The molecule has 2 aromatic carbocycles. The molecule has 0 aliphatic heterocycles. The van der Waals surface area contributed by atoms with E-state index in [4.69, 9.17) is 9.15 Å². The number of amides is 1. The van der Waals surface area contributed by atoms with E-state index >= 15 is 0 Å². The molecule has 164 valence electrons. The summed E-state index contributed by atoms with van der Waals surface area (Å²) in [6.07, 6.45) is 3.37. The van der Waals surface area contributed by atoms with E-state index in [0.29, 0.717) is 27.8 Å². The van der Waals surface area contributed by atoms with Crippen LogP contribution in [0.5, 0.6) is 5.75 Å². The Hall–Kier alpha value is -4.46. The Labute approximate surface area is 188 Å². The molecule has 1 N–H and O–H groups in total. The summed E-state index contributed by atoms with van der Waals surface area (Å²) in [5.74, 6) is 0.341. The molecule has 0 aliphatic carbocycles. The van der Waals surface area contributed by atoms with Crippen molar-refractivity contribution in [1.82, 2.24) is 20.1 Å². The predicted octanol–water partition coefficient (Wildman–Crippen LogP) is 3.52. The lowest BCUT2D eigenvalue weighted by Crippen LogP contribution is -2.28. The zero-order valence-corrected chi connectivity index (χ0v) is 17.8. The molecule has 0 atom stereocenters. The van der Waals surface area contributed by atoms with Crippen LogP contribution in [0.2, 0.25) is 0 Å². The first-order chi connectivity index (χ1) is 16.1. The smallest absolute Gasteiger partial charge is 0.287 e. The molecule has 0 unspecified atom stereocenters. The zero-order valence-electron chi connectivity index (χ0n) is 17.8. The van der Waals surface area contributed by atoms with Crippen LogP contribution in [0.3, 0.4) is 0 Å². The van der Waals surface area contributed by atoms with Crippen LogP contribution in [-0.4, -0.2) is 27.8 Å². The average molecular weight is 440 g/mol. The first-order valence-corrected chi connectivity index (χ1v) is 10.4. The van der Waals surface area contributed by atoms with Gasteiger partial charge in [-0.3, -0.25) is 14.6 Å². The fourth-order valence-corrected chi connectivity index (χ4v) is 3.77. The third kappa shape index (κ3) is 3.94. The molecule has 8 nitrogen and oxygen atoms in total. The highest BCUT2D eigenvalue weighted by Gasteiger charge is 2.16. The number of hydrogen-bond acceptors (Lipinski definition) is 6. The number of ether oxygens (including phenoxy) is 1. The third-order valence-corrected chi connectivity index (χ3v) is 5.37. The van der Waals surface area contributed by atoms with Gasteiger partial charge < -0.3 is 14.5 Å². The number of nitrogens with zero attached hydrogens (tertiary/aromatic N) is 3. The van der Waals surface area contributed by atoms with Gasteiger partial charge in [0.1, 0.15) is 0 Å². The second kappa shape index (κ2) is 8.58. The van der Waals surface area contributed by atoms with Crippen molar-refractivity contribution < 1.29 is 13.9 Å². The van der Waals surface area contributed by atoms with Crippen molar-refractivity contribution in [3.8, 4) is 5.75 Å². The second-order valence-corrected chi connectivity index (χ2v) is 7.49. The van der Waals surface area contributed by atoms with Crippen molar-refractivity contribution in [2.45, 2.75) is 13.1 Å². The predicted molar refractivity (Wildman–Crippen MR) is 123 cm³/mol. The SMILES string of the molecule is COc1cccc2cc(C(=O)NCc3nn(Cc4cccnc4)c(=O)c4ccccc34)oc12. The standard InChI is InChI=1S/C25H20N4O4/c1-32-21-10-4-7-17-12-22(33-23(17)21)24(30)27-14-20-18-8-2-3-9-19(18)25(31)29(28-20)15-16-6-5-11-26-13-16/h2-13H,14-15H2,1H3,(H,27,30). The van der Waals surface area contributed by atoms with Gasteiger partial charge in [-0.15, -0.1) is 0 Å². The summed E-state index contributed by atoms with van der Waals surface area (Å²) >= 11 is 0. The van der Waals surface area contributed by atoms with E-state index in [1.807, 2.05) is 42.5 Å². The normalized spacial score (nSPS) is 11.1. The van der Waals surface area contributed by atoms with Gasteiger partial charge in [-0.2, -0.15) is 5.10 Å². The van der Waals surface area contributed by atoms with Gasteiger partial charge in [-0.05, 0) is 29.8 Å². The minimum Gasteiger partial charge on any atom is -0.493 e. The molecule has 0 radical (unpaired) electrons. The monoisotopic (exact) mass is 440 g/mol. The number of hydrogen-bond donors (Lipinski definition) is 1. The van der Waals surface area contributed by atoms with Gasteiger partial charge in [0.2, 0.25) is 0 Å². The maximum absolute atomic E-state index is 13.0. The number of rotatable bonds is 6. The van der Waals surface area contributed by atoms with Crippen LogP contribution in [0.15, 0.2) is 82.3 Å². The maximum atomic E-state index is 13.0. The molecule has 0 saturated carbocycles. The lowest BCUT2D eigenvalue weighted by molar-refractivity contribution is 0.0924. The summed E-state index contributed by atoms with van der Waals surface area (Å²) in [5, 5.41) is 9.39. The molecule has 0 saturated heterocycles. The highest BCUT2D eigenvalue weighted by molar-refractivity contribution is 5.97. The number of nitrogens with one attached hydrogen (secondary N) is 1. The Morgan fingerprint density at radius 2 is 1.94 bits per heavy atom. The number of pyridine rings is 1. The van der Waals surface area contributed by atoms with Crippen molar-refractivity contribution in [3.63, 3.8) is 0 Å². The summed E-state index contributed by atoms with van der Waals surface area (Å²) < 4.78 is 12.4. The fourth-order valence-electron chi connectivity index (χ4n) is 3.77. The number of benzene rings is 2. The van der Waals surface area contributed by atoms with Gasteiger partial charge in [0.05, 0.1) is 31.3 Å². The number of aromatic nitrogens is 3. The number of fused-ring (bicyclic) bond motifs is 2. The van der Waals surface area contributed by atoms with Crippen LogP contribution in [0, 0.1) is 0 Å². The lowest BCUT2D eigenvalue weighted by atomic mass is 10.1. The Bertz CT molecular complexity index is 1520. The van der Waals surface area contributed by atoms with Gasteiger partial charge in [-0.25, -0.2) is 4.68 Å². The molecule has 8 heteroatoms. The first kappa shape index (κ1) is 20.4. The van der Waals surface area contributed by atoms with Gasteiger partial charge in [0.15, 0.2) is 17.1 Å². The summed E-state index contributed by atoms with van der Waals surface area (Å²) in [4.78, 5) is 29.9. The molecule has 5 rings (SSSR count). The van der Waals surface area contributed by atoms with Crippen molar-refractivity contribution in [2.75, 3.05) is 7.11 Å². The van der Waals surface area contributed by atoms with Crippen LogP contribution in [0.4, 0.5) is 0 Å². The summed E-state index contributed by atoms with van der Waals surface area (Å²) in [6, 6.07) is 18.0. The molecule has 0 spiro atoms. The van der Waals surface area contributed by atoms with Gasteiger partial charge >= 0.3 is 0 Å². The number of furan rings is 1. The number of para-hydroxylation sites is 1. The van der Waals surface area contributed by atoms with Crippen LogP contribution in [0.1, 0.15) is 21.8 Å². The van der Waals surface area contributed by atoms with E-state index < -0.39 is 0 Å². The fraction of sp³-hybridized carbons (Fsp3) is 0.120. The van der Waals surface area contributed by atoms with Crippen LogP contribution < -0.4 is 15.6 Å². The van der Waals surface area contributed by atoms with E-state index in [0.717, 1.165) is 10.9 Å². The number of carbonyl (C=O) groups excluding carboxylic acids is 1. The number of carbonyl (C=O) groups is 1. The second-order valence-electron chi connectivity index (χ2n) is 7.49. The molecule has 0 fully saturated rings. The van der Waals surface area contributed by atoms with Gasteiger partial charge in [-0.1, -0.05) is 36.4 Å². The molecule has 3 aromatic heterocycles. The van der Waals surface area contributed by atoms with E-state index in [9.17, 15) is 9.59 Å². The topological polar surface area (TPSA) is 99.2 Å². The molecule has 0 bridgehead atoms. The third-order valence-electron chi connectivity index (χ3n) is 5.37. The lowest BCUT2D eigenvalue weighted by Gasteiger charge is -2.11. The van der Waals surface area contributed by atoms with Crippen LogP contribution >= 0.6 is 0 Å². The van der Waals surface area contributed by atoms with Crippen molar-refractivity contribution >= 4 is 27.6 Å². The highest BCUT2D eigenvalue weighted by Crippen LogP contribution is 2.28. The quantitative estimate of drug-likeness (QED) is 0.434. The Morgan fingerprint density at radius 3 is 2.73 bits per heavy atom. The minimum absolute atomic E-state index is 0.126. The Kier molecular flexibility index (Phi) is 5.32. The molecule has 5 aromatic rings. The molecule has 33 heavy (non-hydrogen) atoms. The van der Waals surface area contributed by atoms with Crippen molar-refractivity contribution in [1.29, 1.82) is 0 Å². The highest BCUT2D eigenvalue weighted by atomic mass is 16.5. The van der Waals surface area contributed by atoms with Crippen molar-refractivity contribution in [2.24, 2.45) is 0 Å². The number of methoxy groups -OCH3 is 1. The van der Waals surface area contributed by atoms with E-state index in [1.54, 1.807) is 37.7 Å². The molecular formula is C25H20N4O4. The van der Waals surface area contributed by atoms with Gasteiger partial charge in [0, 0.05) is 23.2 Å². The first-order valence-electron chi connectivity index (χ1n) is 10.4. The van der Waals surface area contributed by atoms with E-state index in [1.165, 1.54) is 4.68 Å². The maximum Gasteiger partial charge on any atom is 0.287 e. The molecule has 0 aliphatic rings. The summed E-state index contributed by atoms with van der Waals surface area (Å²) in [5.41, 5.74) is 1.75. The molecule has 1 amide bonds. The molecular weight excluding hydrogens is 420 g/mol. The Morgan fingerprint density at radius 1 is 1.09 bits per heavy atom. The zero-order chi connectivity index (χ0) is 22.8. The minimum atomic E-state index is -0.385. The summed E-state index contributed by atoms with van der Waals surface area (Å²) in [7, 11) is 1.55.